The second-order valence-corrected chi connectivity index (χ2v) is 6.16. The summed E-state index contributed by atoms with van der Waals surface area (Å²) in [5.74, 6) is 1.15. The van der Waals surface area contributed by atoms with Crippen LogP contribution in [0.1, 0.15) is 36.5 Å². The van der Waals surface area contributed by atoms with Gasteiger partial charge in [0.25, 0.3) is 0 Å². The van der Waals surface area contributed by atoms with Crippen LogP contribution in [-0.4, -0.2) is 19.6 Å². The predicted octanol–water partition coefficient (Wildman–Crippen LogP) is 3.86. The summed E-state index contributed by atoms with van der Waals surface area (Å²) < 4.78 is 5.32. The Kier molecular flexibility index (Phi) is 6.38. The monoisotopic (exact) mass is 326 g/mol. The van der Waals surface area contributed by atoms with Crippen molar-refractivity contribution in [3.05, 3.63) is 59.2 Å². The van der Waals surface area contributed by atoms with E-state index in [1.807, 2.05) is 43.3 Å². The molecule has 0 unspecified atom stereocenters. The Bertz CT molecular complexity index is 696. The van der Waals surface area contributed by atoms with E-state index in [9.17, 15) is 4.79 Å². The number of ether oxygens (including phenoxy) is 1. The molecule has 4 heteroatoms. The highest BCUT2D eigenvalue weighted by atomic mass is 16.5. The van der Waals surface area contributed by atoms with E-state index >= 15 is 0 Å². The van der Waals surface area contributed by atoms with E-state index in [2.05, 4.69) is 30.5 Å². The van der Waals surface area contributed by atoms with Crippen molar-refractivity contribution in [3.63, 3.8) is 0 Å². The lowest BCUT2D eigenvalue weighted by atomic mass is 9.98. The molecule has 128 valence electrons. The molecule has 0 aromatic heterocycles. The standard InChI is InChI=1S/C20H26N2O2/c1-14(2)17-10-7-8-15(3)20(17)22-19(23)13-21-12-16-9-5-6-11-18(16)24-4/h5-11,14,21H,12-13H2,1-4H3,(H,22,23). The van der Waals surface area contributed by atoms with Gasteiger partial charge in [0.2, 0.25) is 5.91 Å². The number of carbonyl (C=O) groups excluding carboxylic acids is 1. The Hall–Kier alpha value is -2.33. The van der Waals surface area contributed by atoms with Crippen LogP contribution >= 0.6 is 0 Å². The second-order valence-electron chi connectivity index (χ2n) is 6.16. The number of hydrogen-bond donors (Lipinski definition) is 2. The molecule has 1 amide bonds. The minimum Gasteiger partial charge on any atom is -0.496 e. The number of aryl methyl sites for hydroxylation is 1. The first-order chi connectivity index (χ1) is 11.5. The quantitative estimate of drug-likeness (QED) is 0.812. The summed E-state index contributed by atoms with van der Waals surface area (Å²) in [7, 11) is 1.65. The lowest BCUT2D eigenvalue weighted by Crippen LogP contribution is -2.28. The molecule has 2 aromatic rings. The molecule has 0 bridgehead atoms. The number of anilines is 1. The van der Waals surface area contributed by atoms with Gasteiger partial charge in [-0.15, -0.1) is 0 Å². The number of methoxy groups -OCH3 is 1. The minimum atomic E-state index is -0.0407. The van der Waals surface area contributed by atoms with Gasteiger partial charge in [-0.3, -0.25) is 4.79 Å². The van der Waals surface area contributed by atoms with Crippen molar-refractivity contribution in [2.24, 2.45) is 0 Å². The molecular weight excluding hydrogens is 300 g/mol. The van der Waals surface area contributed by atoms with Crippen LogP contribution in [-0.2, 0) is 11.3 Å². The summed E-state index contributed by atoms with van der Waals surface area (Å²) in [6.45, 7) is 7.12. The van der Waals surface area contributed by atoms with Crippen molar-refractivity contribution in [1.29, 1.82) is 0 Å². The third-order valence-corrected chi connectivity index (χ3v) is 3.98. The molecule has 2 aromatic carbocycles. The predicted molar refractivity (Wildman–Crippen MR) is 98.6 cm³/mol. The summed E-state index contributed by atoms with van der Waals surface area (Å²) in [6.07, 6.45) is 0. The SMILES string of the molecule is COc1ccccc1CNCC(=O)Nc1c(C)cccc1C(C)C. The number of carbonyl (C=O) groups is 1. The highest BCUT2D eigenvalue weighted by molar-refractivity contribution is 5.93. The van der Waals surface area contributed by atoms with E-state index in [0.717, 1.165) is 28.1 Å². The van der Waals surface area contributed by atoms with E-state index in [1.165, 1.54) is 0 Å². The van der Waals surface area contributed by atoms with Crippen LogP contribution in [0.5, 0.6) is 5.75 Å². The van der Waals surface area contributed by atoms with Crippen LogP contribution in [0, 0.1) is 6.92 Å². The molecule has 4 nitrogen and oxygen atoms in total. The van der Waals surface area contributed by atoms with Gasteiger partial charge in [0.05, 0.1) is 13.7 Å². The maximum Gasteiger partial charge on any atom is 0.238 e. The van der Waals surface area contributed by atoms with Crippen molar-refractivity contribution in [2.45, 2.75) is 33.2 Å². The number of rotatable bonds is 7. The van der Waals surface area contributed by atoms with Gasteiger partial charge in [0.1, 0.15) is 5.75 Å². The fraction of sp³-hybridized carbons (Fsp3) is 0.350. The van der Waals surface area contributed by atoms with Gasteiger partial charge >= 0.3 is 0 Å². The van der Waals surface area contributed by atoms with Gasteiger partial charge in [-0.2, -0.15) is 0 Å². The Morgan fingerprint density at radius 2 is 1.88 bits per heavy atom. The highest BCUT2D eigenvalue weighted by Gasteiger charge is 2.12. The molecule has 0 radical (unpaired) electrons. The van der Waals surface area contributed by atoms with E-state index in [1.54, 1.807) is 7.11 Å². The largest absolute Gasteiger partial charge is 0.496 e. The molecule has 0 aliphatic carbocycles. The van der Waals surface area contributed by atoms with E-state index in [-0.39, 0.29) is 12.5 Å². The van der Waals surface area contributed by atoms with Crippen LogP contribution < -0.4 is 15.4 Å². The Labute approximate surface area is 144 Å². The number of benzene rings is 2. The summed E-state index contributed by atoms with van der Waals surface area (Å²) in [5, 5.41) is 6.21. The van der Waals surface area contributed by atoms with Crippen molar-refractivity contribution in [3.8, 4) is 5.75 Å². The summed E-state index contributed by atoms with van der Waals surface area (Å²) in [5.41, 5.74) is 4.20. The smallest absolute Gasteiger partial charge is 0.238 e. The van der Waals surface area contributed by atoms with Crippen molar-refractivity contribution < 1.29 is 9.53 Å². The third-order valence-electron chi connectivity index (χ3n) is 3.98. The zero-order valence-electron chi connectivity index (χ0n) is 14.8. The summed E-state index contributed by atoms with van der Waals surface area (Å²) in [6, 6.07) is 13.9. The number of nitrogens with one attached hydrogen (secondary N) is 2. The summed E-state index contributed by atoms with van der Waals surface area (Å²) in [4.78, 5) is 12.3. The molecule has 0 saturated heterocycles. The summed E-state index contributed by atoms with van der Waals surface area (Å²) >= 11 is 0. The first-order valence-electron chi connectivity index (χ1n) is 8.25. The molecule has 0 aliphatic heterocycles. The first kappa shape index (κ1) is 18.0. The van der Waals surface area contributed by atoms with Gasteiger partial charge < -0.3 is 15.4 Å². The first-order valence-corrected chi connectivity index (χ1v) is 8.25. The molecule has 2 N–H and O–H groups in total. The van der Waals surface area contributed by atoms with Crippen LogP contribution in [0.4, 0.5) is 5.69 Å². The fourth-order valence-electron chi connectivity index (χ4n) is 2.69. The lowest BCUT2D eigenvalue weighted by Gasteiger charge is -2.16. The number of para-hydroxylation sites is 2. The Balaban J connectivity index is 1.95. The second kappa shape index (κ2) is 8.50. The van der Waals surface area contributed by atoms with Gasteiger partial charge in [-0.25, -0.2) is 0 Å². The third kappa shape index (κ3) is 4.59. The van der Waals surface area contributed by atoms with Gasteiger partial charge in [-0.1, -0.05) is 50.2 Å². The van der Waals surface area contributed by atoms with Crippen molar-refractivity contribution in [2.75, 3.05) is 19.0 Å². The topological polar surface area (TPSA) is 50.4 Å². The van der Waals surface area contributed by atoms with Crippen LogP contribution in [0.15, 0.2) is 42.5 Å². The van der Waals surface area contributed by atoms with Crippen LogP contribution in [0.2, 0.25) is 0 Å². The average molecular weight is 326 g/mol. The molecule has 0 fully saturated rings. The molecule has 0 saturated carbocycles. The van der Waals surface area contributed by atoms with Crippen LogP contribution in [0.25, 0.3) is 0 Å². The number of amides is 1. The van der Waals surface area contributed by atoms with E-state index < -0.39 is 0 Å². The van der Waals surface area contributed by atoms with Crippen molar-refractivity contribution in [1.82, 2.24) is 5.32 Å². The minimum absolute atomic E-state index is 0.0407. The van der Waals surface area contributed by atoms with Gasteiger partial charge in [0.15, 0.2) is 0 Å². The Morgan fingerprint density at radius 1 is 1.12 bits per heavy atom. The van der Waals surface area contributed by atoms with Crippen LogP contribution in [0.3, 0.4) is 0 Å². The molecule has 0 heterocycles. The van der Waals surface area contributed by atoms with E-state index in [0.29, 0.717) is 12.5 Å². The average Bonchev–Trinajstić information content (AvgIpc) is 2.57. The maximum atomic E-state index is 12.3. The lowest BCUT2D eigenvalue weighted by molar-refractivity contribution is -0.115. The van der Waals surface area contributed by atoms with Gasteiger partial charge in [0, 0.05) is 17.8 Å². The zero-order chi connectivity index (χ0) is 17.5. The molecule has 0 aliphatic rings. The molecule has 0 spiro atoms. The normalized spacial score (nSPS) is 10.7. The highest BCUT2D eigenvalue weighted by Crippen LogP contribution is 2.27. The molecule has 0 atom stereocenters. The maximum absolute atomic E-state index is 12.3. The fourth-order valence-corrected chi connectivity index (χ4v) is 2.69. The van der Waals surface area contributed by atoms with Crippen molar-refractivity contribution >= 4 is 11.6 Å². The number of hydrogen-bond acceptors (Lipinski definition) is 3. The van der Waals surface area contributed by atoms with Gasteiger partial charge in [-0.05, 0) is 30.0 Å². The molecular formula is C20H26N2O2. The molecule has 2 rings (SSSR count). The van der Waals surface area contributed by atoms with E-state index in [4.69, 9.17) is 4.74 Å². The zero-order valence-corrected chi connectivity index (χ0v) is 14.8. The molecule has 24 heavy (non-hydrogen) atoms. The Morgan fingerprint density at radius 3 is 2.58 bits per heavy atom.